The lowest BCUT2D eigenvalue weighted by Crippen LogP contribution is -2.51. The maximum absolute atomic E-state index is 15.5. The fourth-order valence-corrected chi connectivity index (χ4v) is 7.71. The van der Waals surface area contributed by atoms with Crippen LogP contribution in [0.3, 0.4) is 0 Å². The molecule has 2 aromatic rings. The van der Waals surface area contributed by atoms with E-state index in [2.05, 4.69) is 17.6 Å². The molecule has 12 heteroatoms. The molecule has 0 spiro atoms. The van der Waals surface area contributed by atoms with Crippen LogP contribution >= 0.6 is 11.6 Å². The number of alkyl carbamates (subject to hydrolysis) is 1. The number of hydrogen-bond acceptors (Lipinski definition) is 6. The van der Waals surface area contributed by atoms with Gasteiger partial charge in [-0.25, -0.2) is 17.6 Å². The average molecular weight is 736 g/mol. The van der Waals surface area contributed by atoms with Crippen LogP contribution in [0.4, 0.5) is 14.9 Å². The van der Waals surface area contributed by atoms with E-state index in [0.717, 1.165) is 42.7 Å². The fourth-order valence-electron chi connectivity index (χ4n) is 5.97. The van der Waals surface area contributed by atoms with E-state index < -0.39 is 55.9 Å². The van der Waals surface area contributed by atoms with E-state index in [1.54, 1.807) is 45.0 Å². The lowest BCUT2D eigenvalue weighted by atomic mass is 10.0. The van der Waals surface area contributed by atoms with Gasteiger partial charge in [0, 0.05) is 11.6 Å². The number of rotatable bonds is 19. The number of carbonyl (C=O) groups excluding carboxylic acids is 3. The zero-order valence-electron chi connectivity index (χ0n) is 30.1. The third kappa shape index (κ3) is 13.5. The highest BCUT2D eigenvalue weighted by atomic mass is 35.5. The Balaban J connectivity index is 1.64. The maximum atomic E-state index is 15.5. The Morgan fingerprint density at radius 2 is 1.44 bits per heavy atom. The number of amides is 3. The van der Waals surface area contributed by atoms with Crippen molar-refractivity contribution in [1.29, 1.82) is 0 Å². The highest BCUT2D eigenvalue weighted by Gasteiger charge is 2.40. The molecule has 0 aliphatic carbocycles. The quantitative estimate of drug-likeness (QED) is 0.139. The number of ether oxygens (including phenoxy) is 1. The van der Waals surface area contributed by atoms with Crippen LogP contribution in [0.2, 0.25) is 5.02 Å². The van der Waals surface area contributed by atoms with Crippen molar-refractivity contribution in [3.63, 3.8) is 0 Å². The highest BCUT2D eigenvalue weighted by molar-refractivity contribution is 7.91. The number of benzene rings is 2. The van der Waals surface area contributed by atoms with Crippen molar-refractivity contribution >= 4 is 45.0 Å². The molecule has 1 aliphatic rings. The molecule has 3 rings (SSSR count). The number of nitrogens with zero attached hydrogens (tertiary/aromatic N) is 1. The van der Waals surface area contributed by atoms with Gasteiger partial charge in [-0.3, -0.25) is 9.59 Å². The Morgan fingerprint density at radius 1 is 0.900 bits per heavy atom. The number of carbonyl (C=O) groups is 3. The van der Waals surface area contributed by atoms with Gasteiger partial charge in [0.05, 0.1) is 28.4 Å². The van der Waals surface area contributed by atoms with E-state index in [0.29, 0.717) is 17.1 Å². The van der Waals surface area contributed by atoms with Gasteiger partial charge in [0.2, 0.25) is 0 Å². The summed E-state index contributed by atoms with van der Waals surface area (Å²) in [5, 5.41) is 5.58. The number of unbranched alkanes of at least 4 members (excludes halogenated alkanes) is 13. The van der Waals surface area contributed by atoms with Crippen LogP contribution in [0, 0.1) is 5.82 Å². The molecular formula is C38H55ClFN3O6S. The second-order valence-electron chi connectivity index (χ2n) is 14.2. The van der Waals surface area contributed by atoms with Crippen LogP contribution in [0.5, 0.6) is 0 Å². The topological polar surface area (TPSA) is 122 Å². The molecule has 2 N–H and O–H groups in total. The van der Waals surface area contributed by atoms with Gasteiger partial charge < -0.3 is 20.3 Å². The van der Waals surface area contributed by atoms with Crippen molar-refractivity contribution in [3.05, 3.63) is 58.4 Å². The summed E-state index contributed by atoms with van der Waals surface area (Å²) in [6.07, 6.45) is 15.9. The van der Waals surface area contributed by atoms with E-state index in [1.165, 1.54) is 64.2 Å². The van der Waals surface area contributed by atoms with Gasteiger partial charge in [-0.2, -0.15) is 0 Å². The molecule has 50 heavy (non-hydrogen) atoms. The Kier molecular flexibility index (Phi) is 16.5. The summed E-state index contributed by atoms with van der Waals surface area (Å²) in [4.78, 5) is 40.4. The number of hydrogen-bond donors (Lipinski definition) is 2. The van der Waals surface area contributed by atoms with Crippen LogP contribution in [-0.4, -0.2) is 50.3 Å². The van der Waals surface area contributed by atoms with Crippen LogP contribution < -0.4 is 15.5 Å². The molecule has 0 bridgehead atoms. The number of sulfone groups is 1. The Morgan fingerprint density at radius 3 is 1.98 bits per heavy atom. The minimum Gasteiger partial charge on any atom is -0.444 e. The number of anilines is 1. The van der Waals surface area contributed by atoms with E-state index in [1.807, 2.05) is 0 Å². The molecule has 0 unspecified atom stereocenters. The average Bonchev–Trinajstić information content (AvgIpc) is 3.11. The van der Waals surface area contributed by atoms with Gasteiger partial charge in [0.1, 0.15) is 17.5 Å². The lowest BCUT2D eigenvalue weighted by Gasteiger charge is -2.27. The summed E-state index contributed by atoms with van der Waals surface area (Å²) in [6, 6.07) is 6.92. The molecule has 1 aliphatic heterocycles. The molecular weight excluding hydrogens is 681 g/mol. The van der Waals surface area contributed by atoms with Crippen LogP contribution in [0.1, 0.15) is 134 Å². The van der Waals surface area contributed by atoms with Crippen LogP contribution in [0.15, 0.2) is 41.3 Å². The standard InChI is InChI=1S/C38H55ClFN3O6S/c1-5-6-7-8-9-10-11-12-13-14-15-16-17-18-23-41-35(44)30-24-33-34(25-31(30)40)50(47,48)27-32(42-37(46)49-38(2,3)4)36(45)43(33)26-28-19-21-29(39)22-20-28/h19-22,24-25,32H,5-18,23,26-27H2,1-4H3,(H,41,44)(H,42,46)/t32-/m0/s1. The molecule has 9 nitrogen and oxygen atoms in total. The molecule has 1 heterocycles. The SMILES string of the molecule is CCCCCCCCCCCCCCCCNC(=O)c1cc2c(cc1F)S(=O)(=O)C[C@H](NC(=O)OC(C)(C)C)C(=O)N2Cc1ccc(Cl)cc1. The minimum atomic E-state index is -4.32. The Bertz CT molecular complexity index is 1530. The third-order valence-electron chi connectivity index (χ3n) is 8.63. The predicted octanol–water partition coefficient (Wildman–Crippen LogP) is 8.90. The van der Waals surface area contributed by atoms with Crippen molar-refractivity contribution in [2.45, 2.75) is 141 Å². The van der Waals surface area contributed by atoms with E-state index >= 15 is 4.39 Å². The zero-order chi connectivity index (χ0) is 36.7. The van der Waals surface area contributed by atoms with E-state index in [4.69, 9.17) is 16.3 Å². The second kappa shape index (κ2) is 20.0. The van der Waals surface area contributed by atoms with Crippen molar-refractivity contribution in [2.75, 3.05) is 17.2 Å². The molecule has 3 amide bonds. The Hall–Kier alpha value is -3.18. The second-order valence-corrected chi connectivity index (χ2v) is 16.6. The van der Waals surface area contributed by atoms with Crippen molar-refractivity contribution in [2.24, 2.45) is 0 Å². The summed E-state index contributed by atoms with van der Waals surface area (Å²) in [6.45, 7) is 7.35. The molecule has 0 saturated carbocycles. The van der Waals surface area contributed by atoms with E-state index in [9.17, 15) is 22.8 Å². The Labute approximate surface area is 303 Å². The minimum absolute atomic E-state index is 0.128. The monoisotopic (exact) mass is 735 g/mol. The first kappa shape index (κ1) is 41.2. The molecule has 2 aromatic carbocycles. The third-order valence-corrected chi connectivity index (χ3v) is 10.7. The molecule has 0 aromatic heterocycles. The summed E-state index contributed by atoms with van der Waals surface area (Å²) >= 11 is 6.05. The largest absolute Gasteiger partial charge is 0.444 e. The lowest BCUT2D eigenvalue weighted by molar-refractivity contribution is -0.120. The molecule has 278 valence electrons. The van der Waals surface area contributed by atoms with Crippen molar-refractivity contribution in [3.8, 4) is 0 Å². The fraction of sp³-hybridized carbons (Fsp3) is 0.605. The van der Waals surface area contributed by atoms with Crippen molar-refractivity contribution < 1.29 is 31.9 Å². The highest BCUT2D eigenvalue weighted by Crippen LogP contribution is 2.34. The van der Waals surface area contributed by atoms with Crippen LogP contribution in [-0.2, 0) is 25.9 Å². The first-order valence-corrected chi connectivity index (χ1v) is 20.1. The number of nitrogens with one attached hydrogen (secondary N) is 2. The van der Waals surface area contributed by atoms with Gasteiger partial charge >= 0.3 is 6.09 Å². The predicted molar refractivity (Wildman–Crippen MR) is 197 cm³/mol. The summed E-state index contributed by atoms with van der Waals surface area (Å²) in [5.74, 6) is -3.31. The first-order chi connectivity index (χ1) is 23.7. The molecule has 0 radical (unpaired) electrons. The maximum Gasteiger partial charge on any atom is 0.408 e. The van der Waals surface area contributed by atoms with Crippen molar-refractivity contribution in [1.82, 2.24) is 10.6 Å². The van der Waals surface area contributed by atoms with E-state index in [-0.39, 0.29) is 17.8 Å². The van der Waals surface area contributed by atoms with Crippen LogP contribution in [0.25, 0.3) is 0 Å². The molecule has 0 fully saturated rings. The summed E-state index contributed by atoms with van der Waals surface area (Å²) in [5.41, 5.74) is -0.837. The van der Waals surface area contributed by atoms with Gasteiger partial charge in [0.15, 0.2) is 9.84 Å². The zero-order valence-corrected chi connectivity index (χ0v) is 31.7. The van der Waals surface area contributed by atoms with Gasteiger partial charge in [0.25, 0.3) is 11.8 Å². The number of halogens is 2. The summed E-state index contributed by atoms with van der Waals surface area (Å²) < 4.78 is 47.9. The first-order valence-electron chi connectivity index (χ1n) is 18.1. The summed E-state index contributed by atoms with van der Waals surface area (Å²) in [7, 11) is -4.32. The number of fused-ring (bicyclic) bond motifs is 1. The molecule has 0 saturated heterocycles. The van der Waals surface area contributed by atoms with Gasteiger partial charge in [-0.05, 0) is 57.0 Å². The van der Waals surface area contributed by atoms with Gasteiger partial charge in [-0.15, -0.1) is 0 Å². The smallest absolute Gasteiger partial charge is 0.408 e. The normalized spacial score (nSPS) is 15.7. The molecule has 1 atom stereocenters. The van der Waals surface area contributed by atoms with Gasteiger partial charge in [-0.1, -0.05) is 114 Å².